The molecule has 8 saturated heterocycles. The van der Waals surface area contributed by atoms with Gasteiger partial charge in [0.1, 0.15) is 0 Å². The predicted molar refractivity (Wildman–Crippen MR) is 563 cm³/mol. The first-order valence-electron chi connectivity index (χ1n) is 53.2. The molecule has 0 saturated carbocycles. The van der Waals surface area contributed by atoms with Crippen molar-refractivity contribution < 1.29 is 38.2 Å². The van der Waals surface area contributed by atoms with Gasteiger partial charge in [-0.15, -0.1) is 0 Å². The Morgan fingerprint density at radius 2 is 0.571 bits per heavy atom. The van der Waals surface area contributed by atoms with Gasteiger partial charge in [0.25, 0.3) is 0 Å². The van der Waals surface area contributed by atoms with Crippen LogP contribution in [0.15, 0.2) is 0 Å². The Hall–Kier alpha value is -4.74. The first kappa shape index (κ1) is 126. The van der Waals surface area contributed by atoms with Crippen molar-refractivity contribution in [1.82, 2.24) is 93.1 Å². The number of nitrogens with zero attached hydrogens (tertiary/aromatic N) is 19. The molecule has 12 amide bonds. The number of hydrogen-bond donors (Lipinski definition) is 0. The van der Waals surface area contributed by atoms with Gasteiger partial charge >= 0.3 is 36.2 Å². The number of carbonyl (C=O) groups excluding carboxylic acids is 6. The number of hydrogen-bond acceptors (Lipinski definition) is 15. The van der Waals surface area contributed by atoms with Crippen LogP contribution in [-0.2, 0) is 9.47 Å². The van der Waals surface area contributed by atoms with Gasteiger partial charge in [0, 0.05) is 263 Å². The molecule has 0 radical (unpaired) electrons. The van der Waals surface area contributed by atoms with Crippen molar-refractivity contribution in [3.63, 3.8) is 0 Å². The maximum absolute atomic E-state index is 12.3. The van der Waals surface area contributed by atoms with E-state index in [1.807, 2.05) is 124 Å². The predicted octanol–water partition coefficient (Wildman–Crippen LogP) is 18.5. The molecular weight excluding hydrogens is 1670 g/mol. The van der Waals surface area contributed by atoms with Crippen LogP contribution in [0.3, 0.4) is 0 Å². The summed E-state index contributed by atoms with van der Waals surface area (Å²) in [5, 5.41) is 0. The van der Waals surface area contributed by atoms with Crippen molar-refractivity contribution in [2.24, 2.45) is 35.5 Å². The first-order chi connectivity index (χ1) is 61.8. The van der Waals surface area contributed by atoms with Crippen LogP contribution in [0.5, 0.6) is 0 Å². The Bertz CT molecular complexity index is 3080. The van der Waals surface area contributed by atoms with Crippen LogP contribution < -0.4 is 0 Å². The zero-order chi connectivity index (χ0) is 102. The molecule has 2 atom stereocenters. The Kier molecular flexibility index (Phi) is 61.3. The molecule has 0 aromatic rings. The molecule has 0 spiro atoms. The van der Waals surface area contributed by atoms with E-state index in [0.717, 1.165) is 173 Å². The molecule has 27 heteroatoms. The van der Waals surface area contributed by atoms with Crippen LogP contribution in [0.1, 0.15) is 305 Å². The lowest BCUT2D eigenvalue weighted by atomic mass is 9.91. The van der Waals surface area contributed by atoms with Gasteiger partial charge in [-0.25, -0.2) is 28.8 Å². The second-order valence-corrected chi connectivity index (χ2v) is 45.7. The lowest BCUT2D eigenvalue weighted by Crippen LogP contribution is -2.63. The highest BCUT2D eigenvalue weighted by atomic mass is 16.5. The second kappa shape index (κ2) is 64.6. The zero-order valence-corrected chi connectivity index (χ0v) is 95.0. The van der Waals surface area contributed by atoms with Crippen LogP contribution in [-0.4, -0.2) is 447 Å². The lowest BCUT2D eigenvalue weighted by Gasteiger charge is -2.47. The fourth-order valence-electron chi connectivity index (χ4n) is 16.8. The number of likely N-dealkylation sites (tertiary alicyclic amines) is 8. The fraction of sp³-hybridized carbons (Fsp3) is 0.943. The number of ether oxygens (including phenoxy) is 2. The minimum absolute atomic E-state index is 0.156. The van der Waals surface area contributed by atoms with Crippen molar-refractivity contribution >= 4 is 36.2 Å². The number of amides is 12. The Morgan fingerprint density at radius 1 is 0.263 bits per heavy atom. The molecule has 0 aromatic heterocycles. The smallest absolute Gasteiger partial charge is 0.320 e. The summed E-state index contributed by atoms with van der Waals surface area (Å²) in [5.41, 5.74) is 0. The summed E-state index contributed by atoms with van der Waals surface area (Å²) in [6, 6.07) is 8.64. The van der Waals surface area contributed by atoms with Gasteiger partial charge in [-0.1, -0.05) is 41.5 Å². The number of urea groups is 6. The Balaban J connectivity index is 0.000000762. The molecule has 786 valence electrons. The molecule has 133 heavy (non-hydrogen) atoms. The highest BCUT2D eigenvalue weighted by Gasteiger charge is 2.39. The maximum atomic E-state index is 12.3. The summed E-state index contributed by atoms with van der Waals surface area (Å²) in [5.74, 6) is 4.32. The van der Waals surface area contributed by atoms with E-state index in [4.69, 9.17) is 9.47 Å². The molecule has 8 heterocycles. The van der Waals surface area contributed by atoms with Crippen LogP contribution in [0.4, 0.5) is 28.8 Å². The van der Waals surface area contributed by atoms with Gasteiger partial charge in [-0.2, -0.15) is 0 Å². The van der Waals surface area contributed by atoms with Gasteiger partial charge in [-0.3, -0.25) is 14.7 Å². The number of piperidine rings is 5. The average molecular weight is 1890 g/mol. The largest absolute Gasteiger partial charge is 0.378 e. The van der Waals surface area contributed by atoms with E-state index < -0.39 is 0 Å². The van der Waals surface area contributed by atoms with E-state index in [-0.39, 0.29) is 66.4 Å². The third-order valence-corrected chi connectivity index (χ3v) is 29.6. The highest BCUT2D eigenvalue weighted by molar-refractivity contribution is 5.77. The third kappa shape index (κ3) is 47.4. The molecule has 0 aromatic carbocycles. The first-order valence-corrected chi connectivity index (χ1v) is 53.2. The molecule has 0 aliphatic carbocycles. The molecule has 0 bridgehead atoms. The van der Waals surface area contributed by atoms with Crippen molar-refractivity contribution in [2.75, 3.05) is 209 Å². The monoisotopic (exact) mass is 1890 g/mol. The molecule has 8 aliphatic rings. The molecule has 8 rings (SSSR count). The summed E-state index contributed by atoms with van der Waals surface area (Å²) in [7, 11) is 22.2. The van der Waals surface area contributed by atoms with Gasteiger partial charge in [0.05, 0.1) is 12.2 Å². The Labute approximate surface area is 821 Å². The van der Waals surface area contributed by atoms with Crippen LogP contribution >= 0.6 is 0 Å². The summed E-state index contributed by atoms with van der Waals surface area (Å²) >= 11 is 0. The highest BCUT2D eigenvalue weighted by Crippen LogP contribution is 2.29. The van der Waals surface area contributed by atoms with E-state index in [0.29, 0.717) is 90.5 Å². The van der Waals surface area contributed by atoms with E-state index >= 15 is 0 Å². The zero-order valence-electron chi connectivity index (χ0n) is 95.0. The van der Waals surface area contributed by atoms with E-state index in [1.165, 1.54) is 64.7 Å². The van der Waals surface area contributed by atoms with Crippen LogP contribution in [0, 0.1) is 35.5 Å². The molecule has 27 nitrogen and oxygen atoms in total. The van der Waals surface area contributed by atoms with Gasteiger partial charge in [0.15, 0.2) is 0 Å². The third-order valence-electron chi connectivity index (χ3n) is 29.6. The minimum atomic E-state index is 0.156. The standard InChI is InChI=1S/C16H33N3O.C15H31N3O.2C14H29N3O.C12H25N3O.C12H24N2O.C12H25NO.C11H23NO/c1-13(2)17(5)10-7-15-8-11-19(12-9-15)16(20)18(6)14(3)4;1-12(2)16(5)11-14-7-9-18(10-8-14)15(19)17(6)13(3)4;1-11(2)15(5)13-7-9-17(10-8-13)14(18)16(6)12(3)4;1-11(2)15(5)13-8-7-9-17(10-13)14(18)16(6)12(3)4;1-9(2)13(5)11-7-15(8-11)12(16)14(6)10(3)4;1-9(2)6-11-7-14(8-11)12(15)13(5)10(3)4;1-10(2)9-14-12-5-7-13(8-6-12)11(3)4;1-9(2)8-13-11-5-6-12(7-11)10(3)4/h13-15H,7-12H2,1-6H3;12-14H,7-11H2,1-6H3;2*11-13H,7-10H2,1-6H3;9-11H,7-8H2,1-6H3;9-11H,6-8H2,1-5H3;10-12H,5-9H2,1-4H3;9-11H,5-8H2,1-4H3. The molecule has 8 aliphatic heterocycles. The normalized spacial score (nSPS) is 19.0. The molecule has 2 unspecified atom stereocenters. The van der Waals surface area contributed by atoms with Crippen molar-refractivity contribution in [3.8, 4) is 0 Å². The molecular formula is C106H219N19O8. The lowest BCUT2D eigenvalue weighted by molar-refractivity contribution is -0.00971. The van der Waals surface area contributed by atoms with Gasteiger partial charge in [0.2, 0.25) is 0 Å². The van der Waals surface area contributed by atoms with Crippen molar-refractivity contribution in [1.29, 1.82) is 0 Å². The number of likely N-dealkylation sites (N-methyl/N-ethyl adjacent to an activating group) is 2. The molecule has 0 N–H and O–H groups in total. The summed E-state index contributed by atoms with van der Waals surface area (Å²) in [6.07, 6.45) is 16.2. The summed E-state index contributed by atoms with van der Waals surface area (Å²) in [4.78, 5) is 113. The summed E-state index contributed by atoms with van der Waals surface area (Å²) in [6.45, 7) is 88.9. The van der Waals surface area contributed by atoms with Crippen LogP contribution in [0.25, 0.3) is 0 Å². The number of carbonyl (C=O) groups is 6. The topological polar surface area (TPSA) is 182 Å². The van der Waals surface area contributed by atoms with Crippen molar-refractivity contribution in [3.05, 3.63) is 0 Å². The SMILES string of the molecule is CC(C)CC1CN(C(=O)N(C)C(C)C)C1.CC(C)COC1CCN(C(C)C)C1.CC(C)COC1CCN(C(C)C)CC1.CC(C)N(C)C(=O)N1CC(N(C)C(C)C)C1.CC(C)N(C)C(=O)N1CCC(N(C)C(C)C)CC1.CC(C)N(C)C(=O)N1CCCC(N(C)C(C)C)C1.CC(C)N(C)CC1CCN(C(=O)N(C)C(C)C)CC1.CC(C)N(C)CCC1CCN(C(=O)N(C)C(C)C)CC1. The fourth-order valence-corrected chi connectivity index (χ4v) is 16.8. The van der Waals surface area contributed by atoms with Crippen LogP contribution in [0.2, 0.25) is 0 Å². The Morgan fingerprint density at radius 3 is 0.910 bits per heavy atom. The van der Waals surface area contributed by atoms with Gasteiger partial charge in [-0.05, 0) is 341 Å². The van der Waals surface area contributed by atoms with E-state index in [1.54, 1.807) is 4.90 Å². The molecule has 8 fully saturated rings. The summed E-state index contributed by atoms with van der Waals surface area (Å²) < 4.78 is 11.6. The number of rotatable bonds is 29. The van der Waals surface area contributed by atoms with E-state index in [9.17, 15) is 28.8 Å². The van der Waals surface area contributed by atoms with Crippen molar-refractivity contribution in [2.45, 2.75) is 414 Å². The average Bonchev–Trinajstić information content (AvgIpc) is 1.32. The minimum Gasteiger partial charge on any atom is -0.378 e. The van der Waals surface area contributed by atoms with Gasteiger partial charge < -0.3 is 87.9 Å². The quantitative estimate of drug-likeness (QED) is 0.0689. The second-order valence-electron chi connectivity index (χ2n) is 45.7. The maximum Gasteiger partial charge on any atom is 0.320 e. The van der Waals surface area contributed by atoms with E-state index in [2.05, 4.69) is 263 Å².